The molecule has 1 N–H and O–H groups in total. The minimum atomic E-state index is 0.446. The Morgan fingerprint density at radius 3 is 2.17 bits per heavy atom. The van der Waals surface area contributed by atoms with Crippen molar-refractivity contribution in [3.8, 4) is 5.75 Å². The van der Waals surface area contributed by atoms with E-state index < -0.39 is 0 Å². The van der Waals surface area contributed by atoms with Gasteiger partial charge in [0.2, 0.25) is 0 Å². The fraction of sp³-hybridized carbons (Fsp3) is 0. The Bertz CT molecular complexity index is 536. The molecule has 18 heavy (non-hydrogen) atoms. The molecule has 0 aliphatic heterocycles. The summed E-state index contributed by atoms with van der Waals surface area (Å²) < 4.78 is 0. The molecule has 0 saturated carbocycles. The van der Waals surface area contributed by atoms with Crippen molar-refractivity contribution in [1.82, 2.24) is 0 Å². The number of oxime groups is 2. The van der Waals surface area contributed by atoms with Crippen LogP contribution in [0.2, 0.25) is 0 Å². The average Bonchev–Trinajstić information content (AvgIpc) is 2.45. The van der Waals surface area contributed by atoms with Crippen molar-refractivity contribution in [1.29, 1.82) is 0 Å². The average molecular weight is 240 g/mol. The molecule has 2 aromatic rings. The van der Waals surface area contributed by atoms with Crippen molar-refractivity contribution < 1.29 is 10.0 Å². The first-order valence-electron chi connectivity index (χ1n) is 5.43. The van der Waals surface area contributed by atoms with E-state index in [2.05, 4.69) is 10.3 Å². The third kappa shape index (κ3) is 3.18. The molecule has 0 radical (unpaired) electrons. The fourth-order valence-corrected chi connectivity index (χ4v) is 1.40. The number of hydrogen-bond acceptors (Lipinski definition) is 4. The van der Waals surface area contributed by atoms with Crippen LogP contribution in [0.25, 0.3) is 0 Å². The van der Waals surface area contributed by atoms with Gasteiger partial charge >= 0.3 is 0 Å². The highest BCUT2D eigenvalue weighted by Gasteiger charge is 2.01. The number of para-hydroxylation sites is 1. The maximum absolute atomic E-state index is 8.63. The molecule has 0 aliphatic rings. The van der Waals surface area contributed by atoms with E-state index in [4.69, 9.17) is 10.0 Å². The second-order valence-electron chi connectivity index (χ2n) is 3.49. The van der Waals surface area contributed by atoms with E-state index in [0.29, 0.717) is 11.5 Å². The van der Waals surface area contributed by atoms with Crippen molar-refractivity contribution in [2.24, 2.45) is 10.3 Å². The Hall–Kier alpha value is -2.62. The summed E-state index contributed by atoms with van der Waals surface area (Å²) >= 11 is 0. The predicted molar refractivity (Wildman–Crippen MR) is 70.3 cm³/mol. The van der Waals surface area contributed by atoms with Gasteiger partial charge in [0.25, 0.3) is 0 Å². The van der Waals surface area contributed by atoms with Gasteiger partial charge in [-0.3, -0.25) is 0 Å². The fourth-order valence-electron chi connectivity index (χ4n) is 1.40. The van der Waals surface area contributed by atoms with Crippen LogP contribution in [0.15, 0.2) is 71.0 Å². The summed E-state index contributed by atoms with van der Waals surface area (Å²) in [7, 11) is 0. The third-order valence-corrected chi connectivity index (χ3v) is 2.24. The second-order valence-corrected chi connectivity index (χ2v) is 3.49. The maximum atomic E-state index is 8.63. The lowest BCUT2D eigenvalue weighted by molar-refractivity contribution is 0.321. The van der Waals surface area contributed by atoms with Gasteiger partial charge in [-0.2, -0.15) is 0 Å². The summed E-state index contributed by atoms with van der Waals surface area (Å²) in [6.07, 6.45) is 1.23. The van der Waals surface area contributed by atoms with Gasteiger partial charge < -0.3 is 10.0 Å². The lowest BCUT2D eigenvalue weighted by Gasteiger charge is -2.01. The topological polar surface area (TPSA) is 54.2 Å². The Labute approximate surface area is 105 Å². The van der Waals surface area contributed by atoms with Gasteiger partial charge in [-0.05, 0) is 12.1 Å². The second kappa shape index (κ2) is 6.20. The first-order valence-corrected chi connectivity index (χ1v) is 5.43. The summed E-state index contributed by atoms with van der Waals surface area (Å²) in [6, 6.07) is 18.5. The Morgan fingerprint density at radius 1 is 0.944 bits per heavy atom. The molecule has 0 amide bonds. The van der Waals surface area contributed by atoms with Gasteiger partial charge in [-0.1, -0.05) is 58.8 Å². The first-order chi connectivity index (χ1) is 8.90. The van der Waals surface area contributed by atoms with Crippen molar-refractivity contribution in [2.75, 3.05) is 0 Å². The number of benzene rings is 2. The van der Waals surface area contributed by atoms with Crippen molar-refractivity contribution >= 4 is 11.9 Å². The molecule has 0 fully saturated rings. The van der Waals surface area contributed by atoms with Gasteiger partial charge in [-0.15, -0.1) is 0 Å². The molecule has 4 heteroatoms. The SMILES string of the molecule is O/N=C/C(=N\Oc1ccccc1)c1ccccc1. The number of nitrogens with zero attached hydrogens (tertiary/aromatic N) is 2. The van der Waals surface area contributed by atoms with Crippen LogP contribution in [0.1, 0.15) is 5.56 Å². The zero-order valence-corrected chi connectivity index (χ0v) is 9.60. The highest BCUT2D eigenvalue weighted by Crippen LogP contribution is 2.09. The number of hydrogen-bond donors (Lipinski definition) is 1. The van der Waals surface area contributed by atoms with Crippen LogP contribution in [0.3, 0.4) is 0 Å². The standard InChI is InChI=1S/C14H12N2O2/c17-15-11-14(12-7-3-1-4-8-12)16-18-13-9-5-2-6-10-13/h1-11,17H/b15-11+,16-14+. The molecule has 0 bridgehead atoms. The molecule has 0 atom stereocenters. The van der Waals surface area contributed by atoms with Gasteiger partial charge in [-0.25, -0.2) is 0 Å². The maximum Gasteiger partial charge on any atom is 0.157 e. The minimum Gasteiger partial charge on any atom is -0.411 e. The molecule has 2 aromatic carbocycles. The highest BCUT2D eigenvalue weighted by atomic mass is 16.6. The summed E-state index contributed by atoms with van der Waals surface area (Å²) in [6.45, 7) is 0. The van der Waals surface area contributed by atoms with Crippen molar-refractivity contribution in [3.05, 3.63) is 66.2 Å². The van der Waals surface area contributed by atoms with E-state index in [1.807, 2.05) is 48.5 Å². The molecule has 0 aromatic heterocycles. The van der Waals surface area contributed by atoms with Crippen LogP contribution in [0.5, 0.6) is 5.75 Å². The van der Waals surface area contributed by atoms with Crippen LogP contribution < -0.4 is 4.84 Å². The van der Waals surface area contributed by atoms with Crippen LogP contribution in [-0.4, -0.2) is 17.1 Å². The Kier molecular flexibility index (Phi) is 4.08. The van der Waals surface area contributed by atoms with Crippen LogP contribution >= 0.6 is 0 Å². The molecule has 0 unspecified atom stereocenters. The molecule has 90 valence electrons. The zero-order chi connectivity index (χ0) is 12.6. The predicted octanol–water partition coefficient (Wildman–Crippen LogP) is 2.93. The highest BCUT2D eigenvalue weighted by molar-refractivity contribution is 6.37. The Morgan fingerprint density at radius 2 is 1.56 bits per heavy atom. The zero-order valence-electron chi connectivity index (χ0n) is 9.60. The van der Waals surface area contributed by atoms with Crippen LogP contribution in [0, 0.1) is 0 Å². The van der Waals surface area contributed by atoms with E-state index in [0.717, 1.165) is 5.56 Å². The molecular weight excluding hydrogens is 228 g/mol. The van der Waals surface area contributed by atoms with E-state index >= 15 is 0 Å². The van der Waals surface area contributed by atoms with Crippen molar-refractivity contribution in [2.45, 2.75) is 0 Å². The molecule has 2 rings (SSSR count). The monoisotopic (exact) mass is 240 g/mol. The molecular formula is C14H12N2O2. The van der Waals surface area contributed by atoms with Crippen LogP contribution in [-0.2, 0) is 0 Å². The summed E-state index contributed by atoms with van der Waals surface area (Å²) in [4.78, 5) is 5.26. The normalized spacial score (nSPS) is 11.7. The van der Waals surface area contributed by atoms with E-state index in [1.165, 1.54) is 6.21 Å². The van der Waals surface area contributed by atoms with Gasteiger partial charge in [0.15, 0.2) is 5.75 Å². The van der Waals surface area contributed by atoms with Gasteiger partial charge in [0.1, 0.15) is 5.71 Å². The Balaban J connectivity index is 2.21. The van der Waals surface area contributed by atoms with Crippen LogP contribution in [0.4, 0.5) is 0 Å². The summed E-state index contributed by atoms with van der Waals surface area (Å²) in [5, 5.41) is 15.6. The van der Waals surface area contributed by atoms with E-state index in [9.17, 15) is 0 Å². The third-order valence-electron chi connectivity index (χ3n) is 2.24. The quantitative estimate of drug-likeness (QED) is 0.507. The van der Waals surface area contributed by atoms with E-state index in [-0.39, 0.29) is 0 Å². The van der Waals surface area contributed by atoms with Gasteiger partial charge in [0, 0.05) is 5.56 Å². The number of rotatable bonds is 4. The summed E-state index contributed by atoms with van der Waals surface area (Å²) in [5.74, 6) is 0.622. The summed E-state index contributed by atoms with van der Waals surface area (Å²) in [5.41, 5.74) is 1.26. The first kappa shape index (κ1) is 11.9. The molecule has 4 nitrogen and oxygen atoms in total. The molecule has 0 heterocycles. The van der Waals surface area contributed by atoms with Gasteiger partial charge in [0.05, 0.1) is 6.21 Å². The molecule has 0 spiro atoms. The lowest BCUT2D eigenvalue weighted by Crippen LogP contribution is -2.04. The van der Waals surface area contributed by atoms with E-state index in [1.54, 1.807) is 12.1 Å². The molecule has 0 aliphatic carbocycles. The lowest BCUT2D eigenvalue weighted by atomic mass is 10.1. The smallest absolute Gasteiger partial charge is 0.157 e. The van der Waals surface area contributed by atoms with Crippen molar-refractivity contribution in [3.63, 3.8) is 0 Å². The minimum absolute atomic E-state index is 0.446. The largest absolute Gasteiger partial charge is 0.411 e. The molecule has 0 saturated heterocycles.